The van der Waals surface area contributed by atoms with Gasteiger partial charge in [-0.2, -0.15) is 0 Å². The maximum absolute atomic E-state index is 4.51. The number of hydrogen-bond acceptors (Lipinski definition) is 1. The lowest BCUT2D eigenvalue weighted by molar-refractivity contribution is 0.363. The Labute approximate surface area is 116 Å². The Kier molecular flexibility index (Phi) is 3.25. The summed E-state index contributed by atoms with van der Waals surface area (Å²) in [5, 5.41) is 0. The Morgan fingerprint density at radius 2 is 2.11 bits per heavy atom. The van der Waals surface area contributed by atoms with Gasteiger partial charge in [-0.15, -0.1) is 0 Å². The van der Waals surface area contributed by atoms with Crippen LogP contribution in [0.25, 0.3) is 0 Å². The minimum absolute atomic E-state index is 0.736. The summed E-state index contributed by atoms with van der Waals surface area (Å²) in [5.74, 6) is 1.87. The SMILES string of the molecule is Cc1nc(Br)c2n1CC(Cc1ccccc1)CC2. The summed E-state index contributed by atoms with van der Waals surface area (Å²) in [6.07, 6.45) is 3.58. The van der Waals surface area contributed by atoms with Gasteiger partial charge in [0, 0.05) is 6.54 Å². The second-order valence-corrected chi connectivity index (χ2v) is 5.85. The van der Waals surface area contributed by atoms with Crippen LogP contribution in [0.1, 0.15) is 23.5 Å². The molecule has 0 bridgehead atoms. The molecule has 94 valence electrons. The van der Waals surface area contributed by atoms with E-state index >= 15 is 0 Å². The average molecular weight is 305 g/mol. The molecule has 0 amide bonds. The zero-order valence-electron chi connectivity index (χ0n) is 10.6. The molecular formula is C15H17BrN2. The van der Waals surface area contributed by atoms with Crippen LogP contribution in [0, 0.1) is 12.8 Å². The molecule has 0 spiro atoms. The number of fused-ring (bicyclic) bond motifs is 1. The molecule has 3 rings (SSSR count). The van der Waals surface area contributed by atoms with Crippen molar-refractivity contribution in [2.45, 2.75) is 32.7 Å². The van der Waals surface area contributed by atoms with Crippen molar-refractivity contribution in [1.82, 2.24) is 9.55 Å². The predicted molar refractivity (Wildman–Crippen MR) is 76.6 cm³/mol. The molecule has 0 radical (unpaired) electrons. The normalized spacial score (nSPS) is 18.7. The third-order valence-electron chi connectivity index (χ3n) is 3.81. The molecule has 0 N–H and O–H groups in total. The van der Waals surface area contributed by atoms with Gasteiger partial charge in [-0.25, -0.2) is 4.98 Å². The van der Waals surface area contributed by atoms with Crippen LogP contribution >= 0.6 is 15.9 Å². The summed E-state index contributed by atoms with van der Waals surface area (Å²) in [5.41, 5.74) is 2.82. The Bertz CT molecular complexity index is 545. The second kappa shape index (κ2) is 4.88. The molecule has 1 atom stereocenters. The van der Waals surface area contributed by atoms with Gasteiger partial charge >= 0.3 is 0 Å². The standard InChI is InChI=1S/C15H17BrN2/c1-11-17-15(16)14-8-7-13(10-18(11)14)9-12-5-3-2-4-6-12/h2-6,13H,7-10H2,1H3. The Balaban J connectivity index is 1.77. The maximum atomic E-state index is 4.51. The van der Waals surface area contributed by atoms with Gasteiger partial charge in [0.1, 0.15) is 10.4 Å². The van der Waals surface area contributed by atoms with Crippen LogP contribution in [0.3, 0.4) is 0 Å². The van der Waals surface area contributed by atoms with Gasteiger partial charge in [-0.1, -0.05) is 30.3 Å². The van der Waals surface area contributed by atoms with E-state index in [2.05, 4.69) is 62.7 Å². The van der Waals surface area contributed by atoms with Crippen LogP contribution in [-0.2, 0) is 19.4 Å². The van der Waals surface area contributed by atoms with Gasteiger partial charge in [-0.3, -0.25) is 0 Å². The zero-order chi connectivity index (χ0) is 12.5. The van der Waals surface area contributed by atoms with Gasteiger partial charge in [-0.05, 0) is 53.6 Å². The first kappa shape index (κ1) is 12.0. The Hall–Kier alpha value is -1.09. The number of aryl methyl sites for hydroxylation is 1. The fraction of sp³-hybridized carbons (Fsp3) is 0.400. The summed E-state index contributed by atoms with van der Waals surface area (Å²) in [6.45, 7) is 3.20. The molecule has 0 aliphatic carbocycles. The van der Waals surface area contributed by atoms with E-state index in [0.717, 1.165) is 29.3 Å². The van der Waals surface area contributed by atoms with E-state index in [9.17, 15) is 0 Å². The monoisotopic (exact) mass is 304 g/mol. The second-order valence-electron chi connectivity index (χ2n) is 5.10. The van der Waals surface area contributed by atoms with Gasteiger partial charge in [0.15, 0.2) is 0 Å². The molecule has 2 aromatic rings. The molecule has 1 aliphatic rings. The fourth-order valence-electron chi connectivity index (χ4n) is 2.86. The Morgan fingerprint density at radius 3 is 2.89 bits per heavy atom. The van der Waals surface area contributed by atoms with Crippen molar-refractivity contribution >= 4 is 15.9 Å². The molecule has 0 saturated heterocycles. The van der Waals surface area contributed by atoms with Gasteiger partial charge in [0.05, 0.1) is 5.69 Å². The van der Waals surface area contributed by atoms with Crippen molar-refractivity contribution in [3.63, 3.8) is 0 Å². The van der Waals surface area contributed by atoms with Crippen LogP contribution in [-0.4, -0.2) is 9.55 Å². The fourth-order valence-corrected chi connectivity index (χ4v) is 3.53. The zero-order valence-corrected chi connectivity index (χ0v) is 12.2. The predicted octanol–water partition coefficient (Wildman–Crippen LogP) is 3.76. The average Bonchev–Trinajstić information content (AvgIpc) is 2.66. The highest BCUT2D eigenvalue weighted by Gasteiger charge is 2.22. The topological polar surface area (TPSA) is 17.8 Å². The minimum Gasteiger partial charge on any atom is -0.331 e. The van der Waals surface area contributed by atoms with Crippen LogP contribution in [0.15, 0.2) is 34.9 Å². The molecule has 0 fully saturated rings. The van der Waals surface area contributed by atoms with Crippen molar-refractivity contribution in [3.05, 3.63) is 52.0 Å². The van der Waals surface area contributed by atoms with Gasteiger partial charge < -0.3 is 4.57 Å². The highest BCUT2D eigenvalue weighted by molar-refractivity contribution is 9.10. The number of rotatable bonds is 2. The number of hydrogen-bond donors (Lipinski definition) is 0. The third kappa shape index (κ3) is 2.24. The number of benzene rings is 1. The van der Waals surface area contributed by atoms with Crippen molar-refractivity contribution < 1.29 is 0 Å². The summed E-state index contributed by atoms with van der Waals surface area (Å²) in [6, 6.07) is 10.8. The molecule has 1 aromatic heterocycles. The minimum atomic E-state index is 0.736. The molecular weight excluding hydrogens is 288 g/mol. The number of aromatic nitrogens is 2. The lowest BCUT2D eigenvalue weighted by atomic mass is 9.91. The van der Waals surface area contributed by atoms with Gasteiger partial charge in [0.25, 0.3) is 0 Å². The largest absolute Gasteiger partial charge is 0.331 e. The Morgan fingerprint density at radius 1 is 1.33 bits per heavy atom. The van der Waals surface area contributed by atoms with Crippen LogP contribution in [0.2, 0.25) is 0 Å². The smallest absolute Gasteiger partial charge is 0.127 e. The number of nitrogens with zero attached hydrogens (tertiary/aromatic N) is 2. The molecule has 0 saturated carbocycles. The third-order valence-corrected chi connectivity index (χ3v) is 4.45. The van der Waals surface area contributed by atoms with E-state index in [1.54, 1.807) is 0 Å². The van der Waals surface area contributed by atoms with Crippen molar-refractivity contribution in [2.75, 3.05) is 0 Å². The van der Waals surface area contributed by atoms with E-state index in [1.165, 1.54) is 24.1 Å². The molecule has 2 nitrogen and oxygen atoms in total. The molecule has 1 unspecified atom stereocenters. The quantitative estimate of drug-likeness (QED) is 0.826. The van der Waals surface area contributed by atoms with E-state index in [-0.39, 0.29) is 0 Å². The highest BCUT2D eigenvalue weighted by atomic mass is 79.9. The lowest BCUT2D eigenvalue weighted by Crippen LogP contribution is -2.22. The van der Waals surface area contributed by atoms with Crippen molar-refractivity contribution in [2.24, 2.45) is 5.92 Å². The first-order valence-electron chi connectivity index (χ1n) is 6.49. The van der Waals surface area contributed by atoms with E-state index in [0.29, 0.717) is 0 Å². The highest BCUT2D eigenvalue weighted by Crippen LogP contribution is 2.29. The number of halogens is 1. The van der Waals surface area contributed by atoms with Gasteiger partial charge in [0.2, 0.25) is 0 Å². The van der Waals surface area contributed by atoms with Crippen LogP contribution < -0.4 is 0 Å². The van der Waals surface area contributed by atoms with E-state index in [4.69, 9.17) is 0 Å². The summed E-state index contributed by atoms with van der Waals surface area (Å²) < 4.78 is 3.42. The van der Waals surface area contributed by atoms with Crippen molar-refractivity contribution in [1.29, 1.82) is 0 Å². The summed E-state index contributed by atoms with van der Waals surface area (Å²) in [7, 11) is 0. The van der Waals surface area contributed by atoms with Crippen LogP contribution in [0.5, 0.6) is 0 Å². The molecule has 18 heavy (non-hydrogen) atoms. The molecule has 1 aliphatic heterocycles. The van der Waals surface area contributed by atoms with E-state index in [1.807, 2.05) is 0 Å². The first-order chi connectivity index (χ1) is 8.74. The number of imidazole rings is 1. The maximum Gasteiger partial charge on any atom is 0.127 e. The summed E-state index contributed by atoms with van der Waals surface area (Å²) in [4.78, 5) is 4.51. The van der Waals surface area contributed by atoms with Crippen LogP contribution in [0.4, 0.5) is 0 Å². The summed E-state index contributed by atoms with van der Waals surface area (Å²) >= 11 is 3.56. The molecule has 3 heteroatoms. The molecule has 1 aromatic carbocycles. The molecule has 2 heterocycles. The van der Waals surface area contributed by atoms with Crippen molar-refractivity contribution in [3.8, 4) is 0 Å². The lowest BCUT2D eigenvalue weighted by Gasteiger charge is -2.25. The first-order valence-corrected chi connectivity index (χ1v) is 7.29. The van der Waals surface area contributed by atoms with E-state index < -0.39 is 0 Å².